The minimum absolute atomic E-state index is 0.0655. The van der Waals surface area contributed by atoms with Crippen LogP contribution >= 0.6 is 0 Å². The Balaban J connectivity index is 2.01. The Labute approximate surface area is 126 Å². The van der Waals surface area contributed by atoms with Gasteiger partial charge in [-0.1, -0.05) is 25.1 Å². The number of ether oxygens (including phenoxy) is 1. The van der Waals surface area contributed by atoms with Crippen LogP contribution in [0, 0.1) is 6.92 Å². The van der Waals surface area contributed by atoms with Gasteiger partial charge in [0.25, 0.3) is 0 Å². The van der Waals surface area contributed by atoms with Crippen LogP contribution in [0.3, 0.4) is 0 Å². The second kappa shape index (κ2) is 6.27. The van der Waals surface area contributed by atoms with Gasteiger partial charge in [-0.3, -0.25) is 4.98 Å². The zero-order valence-electron chi connectivity index (χ0n) is 12.7. The van der Waals surface area contributed by atoms with Gasteiger partial charge in [-0.05, 0) is 43.7 Å². The second-order valence-corrected chi connectivity index (χ2v) is 5.51. The topological polar surface area (TPSA) is 34.1 Å². The van der Waals surface area contributed by atoms with Gasteiger partial charge >= 0.3 is 0 Å². The van der Waals surface area contributed by atoms with E-state index < -0.39 is 0 Å². The minimum Gasteiger partial charge on any atom is -0.496 e. The molecule has 3 rings (SSSR count). The van der Waals surface area contributed by atoms with E-state index in [4.69, 9.17) is 9.72 Å². The maximum absolute atomic E-state index is 5.78. The highest BCUT2D eigenvalue weighted by atomic mass is 16.5. The molecule has 0 radical (unpaired) electrons. The zero-order chi connectivity index (χ0) is 14.7. The lowest BCUT2D eigenvalue weighted by molar-refractivity contribution is 0.214. The van der Waals surface area contributed by atoms with Crippen LogP contribution in [0.2, 0.25) is 0 Å². The lowest BCUT2D eigenvalue weighted by atomic mass is 10.0. The molecule has 110 valence electrons. The van der Waals surface area contributed by atoms with E-state index in [1.54, 1.807) is 0 Å². The number of benzene rings is 1. The van der Waals surface area contributed by atoms with Crippen molar-refractivity contribution in [1.29, 1.82) is 0 Å². The van der Waals surface area contributed by atoms with Crippen LogP contribution in [-0.2, 0) is 4.74 Å². The van der Waals surface area contributed by atoms with Crippen LogP contribution in [0.1, 0.15) is 37.1 Å². The molecule has 0 saturated carbocycles. The van der Waals surface area contributed by atoms with Gasteiger partial charge in [-0.2, -0.15) is 0 Å². The quantitative estimate of drug-likeness (QED) is 0.903. The van der Waals surface area contributed by atoms with Gasteiger partial charge in [0.1, 0.15) is 11.8 Å². The van der Waals surface area contributed by atoms with E-state index in [1.165, 1.54) is 10.9 Å². The third-order valence-electron chi connectivity index (χ3n) is 3.85. The Kier molecular flexibility index (Phi) is 4.20. The molecule has 0 bridgehead atoms. The molecule has 3 heteroatoms. The van der Waals surface area contributed by atoms with Crippen molar-refractivity contribution >= 4 is 10.9 Å². The fourth-order valence-electron chi connectivity index (χ4n) is 2.80. The average Bonchev–Trinajstić information content (AvgIpc) is 3.02. The average molecular weight is 282 g/mol. The number of aromatic nitrogens is 1. The maximum atomic E-state index is 5.78. The van der Waals surface area contributed by atoms with E-state index in [9.17, 15) is 0 Å². The van der Waals surface area contributed by atoms with Crippen LogP contribution in [-0.4, -0.2) is 18.1 Å². The molecular weight excluding hydrogens is 260 g/mol. The van der Waals surface area contributed by atoms with Gasteiger partial charge in [-0.25, -0.2) is 0 Å². The first-order valence-electron chi connectivity index (χ1n) is 7.72. The van der Waals surface area contributed by atoms with Crippen LogP contribution in [0.4, 0.5) is 0 Å². The number of pyridine rings is 1. The summed E-state index contributed by atoms with van der Waals surface area (Å²) >= 11 is 0. The Hall–Kier alpha value is -1.87. The Morgan fingerprint density at radius 1 is 1.33 bits per heavy atom. The Morgan fingerprint density at radius 2 is 2.19 bits per heavy atom. The van der Waals surface area contributed by atoms with Crippen molar-refractivity contribution in [1.82, 2.24) is 10.3 Å². The molecule has 0 spiro atoms. The van der Waals surface area contributed by atoms with Crippen molar-refractivity contribution in [2.24, 2.45) is 0 Å². The molecule has 1 aromatic carbocycles. The number of fused-ring (bicyclic) bond motifs is 1. The fraction of sp³-hybridized carbons (Fsp3) is 0.389. The van der Waals surface area contributed by atoms with Crippen molar-refractivity contribution in [2.45, 2.75) is 32.7 Å². The van der Waals surface area contributed by atoms with Gasteiger partial charge < -0.3 is 10.1 Å². The van der Waals surface area contributed by atoms with Crippen LogP contribution in [0.15, 0.2) is 42.2 Å². The molecule has 0 amide bonds. The highest BCUT2D eigenvalue weighted by Gasteiger charge is 2.22. The van der Waals surface area contributed by atoms with E-state index in [0.717, 1.165) is 43.0 Å². The molecule has 1 aliphatic rings. The first-order valence-corrected chi connectivity index (χ1v) is 7.72. The number of rotatable bonds is 5. The third kappa shape index (κ3) is 2.93. The summed E-state index contributed by atoms with van der Waals surface area (Å²) in [5.74, 6) is 1.02. The summed E-state index contributed by atoms with van der Waals surface area (Å²) in [5.41, 5.74) is 3.36. The number of aryl methyl sites for hydroxylation is 1. The van der Waals surface area contributed by atoms with E-state index >= 15 is 0 Å². The Morgan fingerprint density at radius 3 is 2.95 bits per heavy atom. The van der Waals surface area contributed by atoms with Gasteiger partial charge in [0.2, 0.25) is 0 Å². The predicted octanol–water partition coefficient (Wildman–Crippen LogP) is 3.89. The molecule has 21 heavy (non-hydrogen) atoms. The van der Waals surface area contributed by atoms with E-state index in [0.29, 0.717) is 0 Å². The lowest BCUT2D eigenvalue weighted by Crippen LogP contribution is -2.25. The number of nitrogens with one attached hydrogen (secondary N) is 1. The molecule has 0 aliphatic carbocycles. The molecule has 1 atom stereocenters. The molecular formula is C18H22N2O. The van der Waals surface area contributed by atoms with Gasteiger partial charge in [0.05, 0.1) is 17.8 Å². The first-order chi connectivity index (χ1) is 10.3. The second-order valence-electron chi connectivity index (χ2n) is 5.51. The SMILES string of the molecule is CCCNC(C1=CCCO1)c1cc(C)c2ccccc2n1. The zero-order valence-corrected chi connectivity index (χ0v) is 12.7. The summed E-state index contributed by atoms with van der Waals surface area (Å²) in [6, 6.07) is 10.5. The van der Waals surface area contributed by atoms with Crippen molar-refractivity contribution in [3.8, 4) is 0 Å². The summed E-state index contributed by atoms with van der Waals surface area (Å²) in [6.07, 6.45) is 4.27. The van der Waals surface area contributed by atoms with Crippen molar-refractivity contribution in [3.05, 3.63) is 53.4 Å². The highest BCUT2D eigenvalue weighted by molar-refractivity contribution is 5.82. The number of para-hydroxylation sites is 1. The number of hydrogen-bond acceptors (Lipinski definition) is 3. The first kappa shape index (κ1) is 14.1. The number of nitrogens with zero attached hydrogens (tertiary/aromatic N) is 1. The summed E-state index contributed by atoms with van der Waals surface area (Å²) in [5, 5.41) is 4.78. The smallest absolute Gasteiger partial charge is 0.115 e. The maximum Gasteiger partial charge on any atom is 0.115 e. The van der Waals surface area contributed by atoms with Gasteiger partial charge in [0, 0.05) is 11.8 Å². The highest BCUT2D eigenvalue weighted by Crippen LogP contribution is 2.28. The van der Waals surface area contributed by atoms with Gasteiger partial charge in [0.15, 0.2) is 0 Å². The van der Waals surface area contributed by atoms with Crippen molar-refractivity contribution in [3.63, 3.8) is 0 Å². The van der Waals surface area contributed by atoms with Crippen molar-refractivity contribution in [2.75, 3.05) is 13.2 Å². The molecule has 1 N–H and O–H groups in total. The van der Waals surface area contributed by atoms with Gasteiger partial charge in [-0.15, -0.1) is 0 Å². The molecule has 1 aromatic heterocycles. The Bertz CT molecular complexity index is 663. The minimum atomic E-state index is 0.0655. The standard InChI is InChI=1S/C18H22N2O/c1-3-10-19-18(17-9-6-11-21-17)16-12-13(2)14-7-4-5-8-15(14)20-16/h4-5,7-9,12,18-19H,3,6,10-11H2,1-2H3. The summed E-state index contributed by atoms with van der Waals surface area (Å²) in [4.78, 5) is 4.85. The third-order valence-corrected chi connectivity index (χ3v) is 3.85. The van der Waals surface area contributed by atoms with E-state index in [-0.39, 0.29) is 6.04 Å². The van der Waals surface area contributed by atoms with E-state index in [1.807, 2.05) is 6.07 Å². The summed E-state index contributed by atoms with van der Waals surface area (Å²) < 4.78 is 5.78. The lowest BCUT2D eigenvalue weighted by Gasteiger charge is -2.20. The predicted molar refractivity (Wildman–Crippen MR) is 86.2 cm³/mol. The largest absolute Gasteiger partial charge is 0.496 e. The summed E-state index contributed by atoms with van der Waals surface area (Å²) in [6.45, 7) is 6.06. The van der Waals surface area contributed by atoms with Crippen LogP contribution in [0.25, 0.3) is 10.9 Å². The molecule has 3 nitrogen and oxygen atoms in total. The summed E-state index contributed by atoms with van der Waals surface area (Å²) in [7, 11) is 0. The molecule has 1 unspecified atom stereocenters. The molecule has 1 aliphatic heterocycles. The van der Waals surface area contributed by atoms with Crippen molar-refractivity contribution < 1.29 is 4.74 Å². The van der Waals surface area contributed by atoms with Crippen LogP contribution < -0.4 is 5.32 Å². The monoisotopic (exact) mass is 282 g/mol. The molecule has 0 fully saturated rings. The molecule has 2 heterocycles. The normalized spacial score (nSPS) is 15.8. The number of hydrogen-bond donors (Lipinski definition) is 1. The molecule has 0 saturated heterocycles. The molecule has 2 aromatic rings. The fourth-order valence-corrected chi connectivity index (χ4v) is 2.80. The van der Waals surface area contributed by atoms with E-state index in [2.05, 4.69) is 49.5 Å². The van der Waals surface area contributed by atoms with Crippen LogP contribution in [0.5, 0.6) is 0 Å².